The van der Waals surface area contributed by atoms with Crippen LogP contribution in [0.3, 0.4) is 0 Å². The highest BCUT2D eigenvalue weighted by Crippen LogP contribution is 2.36. The molecule has 0 atom stereocenters. The van der Waals surface area contributed by atoms with Crippen LogP contribution >= 0.6 is 15.9 Å². The number of fused-ring (bicyclic) bond motifs is 1. The van der Waals surface area contributed by atoms with Crippen molar-refractivity contribution < 1.29 is 4.74 Å². The van der Waals surface area contributed by atoms with Gasteiger partial charge in [0.15, 0.2) is 0 Å². The van der Waals surface area contributed by atoms with Crippen molar-refractivity contribution in [2.45, 2.75) is 27.7 Å². The molecule has 0 radical (unpaired) electrons. The number of halogens is 1. The number of rotatable bonds is 0. The molecule has 82 valence electrons. The minimum Gasteiger partial charge on any atom is -0.485 e. The van der Waals surface area contributed by atoms with E-state index in [0.29, 0.717) is 6.61 Å². The van der Waals surface area contributed by atoms with Gasteiger partial charge in [0, 0.05) is 4.47 Å². The van der Waals surface area contributed by atoms with E-state index in [-0.39, 0.29) is 0 Å². The maximum Gasteiger partial charge on any atom is 0.146 e. The first-order chi connectivity index (χ1) is 7.16. The third kappa shape index (κ3) is 2.81. The number of aryl methyl sites for hydroxylation is 1. The molecular weight excluding hydrogens is 254 g/mol. The second-order valence-corrected chi connectivity index (χ2v) is 4.12. The van der Waals surface area contributed by atoms with Gasteiger partial charge in [-0.25, -0.2) is 0 Å². The van der Waals surface area contributed by atoms with Gasteiger partial charge in [0.05, 0.1) is 5.71 Å². The summed E-state index contributed by atoms with van der Waals surface area (Å²) in [6, 6.07) is 4.00. The van der Waals surface area contributed by atoms with Crippen molar-refractivity contribution in [3.8, 4) is 5.75 Å². The van der Waals surface area contributed by atoms with E-state index < -0.39 is 0 Å². The van der Waals surface area contributed by atoms with Crippen molar-refractivity contribution in [3.05, 3.63) is 22.2 Å². The average molecular weight is 270 g/mol. The van der Waals surface area contributed by atoms with Crippen LogP contribution in [0.5, 0.6) is 5.75 Å². The standard InChI is InChI=1S/C10H10BrNO.C2H6/c1-6-3-8(11)4-9-10(6)12-7(2)5-13-9;1-2/h3-4H,5H2,1-2H3;1-2H3. The molecule has 1 aliphatic heterocycles. The van der Waals surface area contributed by atoms with Crippen LogP contribution in [0.2, 0.25) is 0 Å². The largest absolute Gasteiger partial charge is 0.485 e. The molecule has 1 aromatic rings. The van der Waals surface area contributed by atoms with Crippen molar-refractivity contribution in [1.29, 1.82) is 0 Å². The van der Waals surface area contributed by atoms with Gasteiger partial charge in [-0.2, -0.15) is 0 Å². The summed E-state index contributed by atoms with van der Waals surface area (Å²) in [6.07, 6.45) is 0. The molecule has 0 aliphatic carbocycles. The van der Waals surface area contributed by atoms with Crippen LogP contribution in [0.1, 0.15) is 26.3 Å². The van der Waals surface area contributed by atoms with Crippen molar-refractivity contribution in [2.24, 2.45) is 4.99 Å². The number of ether oxygens (including phenoxy) is 1. The summed E-state index contributed by atoms with van der Waals surface area (Å²) < 4.78 is 6.58. The topological polar surface area (TPSA) is 21.6 Å². The van der Waals surface area contributed by atoms with E-state index in [9.17, 15) is 0 Å². The number of aliphatic imine (C=N–C) groups is 1. The highest BCUT2D eigenvalue weighted by Gasteiger charge is 2.13. The fraction of sp³-hybridized carbons (Fsp3) is 0.417. The van der Waals surface area contributed by atoms with E-state index >= 15 is 0 Å². The van der Waals surface area contributed by atoms with Gasteiger partial charge in [0.1, 0.15) is 18.0 Å². The molecule has 2 rings (SSSR count). The molecule has 0 N–H and O–H groups in total. The number of nitrogens with zero attached hydrogens (tertiary/aromatic N) is 1. The summed E-state index contributed by atoms with van der Waals surface area (Å²) in [5.41, 5.74) is 3.13. The van der Waals surface area contributed by atoms with Gasteiger partial charge in [-0.05, 0) is 31.5 Å². The first-order valence-electron chi connectivity index (χ1n) is 5.14. The van der Waals surface area contributed by atoms with Crippen molar-refractivity contribution in [2.75, 3.05) is 6.61 Å². The molecule has 2 nitrogen and oxygen atoms in total. The molecule has 0 spiro atoms. The Hall–Kier alpha value is -0.830. The minimum absolute atomic E-state index is 0.600. The van der Waals surface area contributed by atoms with Crippen molar-refractivity contribution in [3.63, 3.8) is 0 Å². The maximum atomic E-state index is 5.54. The van der Waals surface area contributed by atoms with E-state index in [4.69, 9.17) is 4.74 Å². The Kier molecular flexibility index (Phi) is 4.33. The van der Waals surface area contributed by atoms with Crippen molar-refractivity contribution >= 4 is 27.3 Å². The molecule has 0 saturated carbocycles. The SMILES string of the molecule is CC.CC1=Nc2c(C)cc(Br)cc2OC1. The maximum absolute atomic E-state index is 5.54. The number of hydrogen-bond donors (Lipinski definition) is 0. The van der Waals surface area contributed by atoms with Gasteiger partial charge < -0.3 is 4.74 Å². The second-order valence-electron chi connectivity index (χ2n) is 3.21. The minimum atomic E-state index is 0.600. The Morgan fingerprint density at radius 3 is 2.60 bits per heavy atom. The lowest BCUT2D eigenvalue weighted by Crippen LogP contribution is -2.11. The fourth-order valence-electron chi connectivity index (χ4n) is 1.36. The van der Waals surface area contributed by atoms with Gasteiger partial charge in [0.2, 0.25) is 0 Å². The molecule has 0 unspecified atom stereocenters. The molecule has 0 saturated heterocycles. The van der Waals surface area contributed by atoms with Crippen LogP contribution in [-0.2, 0) is 0 Å². The Labute approximate surface area is 99.5 Å². The van der Waals surface area contributed by atoms with E-state index in [0.717, 1.165) is 27.2 Å². The smallest absolute Gasteiger partial charge is 0.146 e. The summed E-state index contributed by atoms with van der Waals surface area (Å²) in [5, 5.41) is 0. The quantitative estimate of drug-likeness (QED) is 0.690. The predicted molar refractivity (Wildman–Crippen MR) is 68.5 cm³/mol. The van der Waals surface area contributed by atoms with Crippen LogP contribution < -0.4 is 4.74 Å². The van der Waals surface area contributed by atoms with Gasteiger partial charge in [0.25, 0.3) is 0 Å². The monoisotopic (exact) mass is 269 g/mol. The molecule has 0 bridgehead atoms. The molecule has 0 amide bonds. The zero-order chi connectivity index (χ0) is 11.4. The van der Waals surface area contributed by atoms with E-state index in [1.807, 2.05) is 39.8 Å². The molecule has 15 heavy (non-hydrogen) atoms. The van der Waals surface area contributed by atoms with Crippen LogP contribution in [0.4, 0.5) is 5.69 Å². The van der Waals surface area contributed by atoms with Crippen LogP contribution in [0.15, 0.2) is 21.6 Å². The Morgan fingerprint density at radius 2 is 1.93 bits per heavy atom. The first kappa shape index (κ1) is 12.2. The zero-order valence-corrected chi connectivity index (χ0v) is 11.2. The van der Waals surface area contributed by atoms with E-state index in [1.54, 1.807) is 0 Å². The molecule has 1 aromatic carbocycles. The lowest BCUT2D eigenvalue weighted by molar-refractivity contribution is 0.371. The third-order valence-electron chi connectivity index (χ3n) is 1.97. The van der Waals surface area contributed by atoms with Crippen LogP contribution in [-0.4, -0.2) is 12.3 Å². The molecular formula is C12H16BrNO. The summed E-state index contributed by atoms with van der Waals surface area (Å²) in [4.78, 5) is 4.46. The fourth-order valence-corrected chi connectivity index (χ4v) is 1.91. The highest BCUT2D eigenvalue weighted by atomic mass is 79.9. The molecule has 0 fully saturated rings. The highest BCUT2D eigenvalue weighted by molar-refractivity contribution is 9.10. The summed E-state index contributed by atoms with van der Waals surface area (Å²) in [6.45, 7) is 8.61. The number of benzene rings is 1. The zero-order valence-electron chi connectivity index (χ0n) is 9.60. The molecule has 1 heterocycles. The van der Waals surface area contributed by atoms with E-state index in [1.165, 1.54) is 0 Å². The van der Waals surface area contributed by atoms with Gasteiger partial charge in [-0.15, -0.1) is 0 Å². The third-order valence-corrected chi connectivity index (χ3v) is 2.43. The summed E-state index contributed by atoms with van der Waals surface area (Å²) in [7, 11) is 0. The normalized spacial score (nSPS) is 13.0. The molecule has 1 aliphatic rings. The Balaban J connectivity index is 0.000000531. The van der Waals surface area contributed by atoms with Gasteiger partial charge in [-0.3, -0.25) is 4.99 Å². The van der Waals surface area contributed by atoms with Crippen LogP contribution in [0.25, 0.3) is 0 Å². The average Bonchev–Trinajstić information content (AvgIpc) is 2.22. The van der Waals surface area contributed by atoms with Crippen molar-refractivity contribution in [1.82, 2.24) is 0 Å². The lowest BCUT2D eigenvalue weighted by Gasteiger charge is -2.16. The predicted octanol–water partition coefficient (Wildman–Crippen LogP) is 4.27. The van der Waals surface area contributed by atoms with Gasteiger partial charge in [-0.1, -0.05) is 29.8 Å². The first-order valence-corrected chi connectivity index (χ1v) is 5.93. The summed E-state index contributed by atoms with van der Waals surface area (Å²) >= 11 is 3.43. The molecule has 3 heteroatoms. The second kappa shape index (κ2) is 5.31. The van der Waals surface area contributed by atoms with Gasteiger partial charge >= 0.3 is 0 Å². The van der Waals surface area contributed by atoms with E-state index in [2.05, 4.69) is 20.9 Å². The molecule has 0 aromatic heterocycles. The Morgan fingerprint density at radius 1 is 1.27 bits per heavy atom. The van der Waals surface area contributed by atoms with Crippen LogP contribution in [0, 0.1) is 6.92 Å². The Bertz CT molecular complexity index is 385. The summed E-state index contributed by atoms with van der Waals surface area (Å²) in [5.74, 6) is 0.873. The number of hydrogen-bond acceptors (Lipinski definition) is 2. The lowest BCUT2D eigenvalue weighted by atomic mass is 10.1.